The molecular formula is C24H28ClN3. The molecule has 0 radical (unpaired) electrons. The lowest BCUT2D eigenvalue weighted by molar-refractivity contribution is 0.339. The molecule has 0 saturated carbocycles. The standard InChI is InChI=1S/C24H28ClN3/c1-2-4-18-14-28-24-19(25)13-17-7-6-16-5-3-10-27-23(16)21(20(17)22(18)24)15-8-11-26-12-9-15/h3,5,10,13-15,21,26,28H,2,4,6-9,11-12H2,1H3/t21-/m0/s1. The van der Waals surface area contributed by atoms with Crippen LogP contribution >= 0.6 is 11.6 Å². The van der Waals surface area contributed by atoms with Crippen molar-refractivity contribution in [2.24, 2.45) is 5.92 Å². The zero-order valence-corrected chi connectivity index (χ0v) is 17.3. The highest BCUT2D eigenvalue weighted by Gasteiger charge is 2.35. The number of H-pyrrole nitrogens is 1. The average molecular weight is 394 g/mol. The molecule has 28 heavy (non-hydrogen) atoms. The van der Waals surface area contributed by atoms with Crippen molar-refractivity contribution in [2.45, 2.75) is 51.4 Å². The van der Waals surface area contributed by atoms with Gasteiger partial charge >= 0.3 is 0 Å². The Bertz CT molecular complexity index is 1000. The first-order chi connectivity index (χ1) is 13.8. The summed E-state index contributed by atoms with van der Waals surface area (Å²) < 4.78 is 0. The summed E-state index contributed by atoms with van der Waals surface area (Å²) >= 11 is 6.75. The van der Waals surface area contributed by atoms with E-state index >= 15 is 0 Å². The lowest BCUT2D eigenvalue weighted by Crippen LogP contribution is -2.32. The summed E-state index contributed by atoms with van der Waals surface area (Å²) in [7, 11) is 0. The highest BCUT2D eigenvalue weighted by Crippen LogP contribution is 2.46. The van der Waals surface area contributed by atoms with Gasteiger partial charge in [-0.1, -0.05) is 31.0 Å². The molecule has 1 aliphatic carbocycles. The quantitative estimate of drug-likeness (QED) is 0.625. The van der Waals surface area contributed by atoms with Gasteiger partial charge in [-0.25, -0.2) is 0 Å². The van der Waals surface area contributed by atoms with Crippen LogP contribution in [0.1, 0.15) is 60.1 Å². The SMILES string of the molecule is CCCc1c[nH]c2c(Cl)cc3c(c12)[C@H](C1CCNCC1)c1ncccc1CC3. The van der Waals surface area contributed by atoms with Crippen LogP contribution in [0, 0.1) is 5.92 Å². The molecule has 0 amide bonds. The molecule has 4 heteroatoms. The second-order valence-corrected chi connectivity index (χ2v) is 8.77. The molecule has 1 atom stereocenters. The van der Waals surface area contributed by atoms with Crippen LogP contribution in [0.25, 0.3) is 10.9 Å². The van der Waals surface area contributed by atoms with Gasteiger partial charge in [-0.15, -0.1) is 0 Å². The van der Waals surface area contributed by atoms with Crippen LogP contribution in [0.15, 0.2) is 30.6 Å². The van der Waals surface area contributed by atoms with E-state index in [1.165, 1.54) is 46.2 Å². The maximum absolute atomic E-state index is 6.75. The minimum atomic E-state index is 0.363. The van der Waals surface area contributed by atoms with E-state index in [4.69, 9.17) is 16.6 Å². The molecule has 0 spiro atoms. The Morgan fingerprint density at radius 2 is 2.00 bits per heavy atom. The smallest absolute Gasteiger partial charge is 0.0650 e. The number of nitrogens with zero attached hydrogens (tertiary/aromatic N) is 1. The fourth-order valence-electron chi connectivity index (χ4n) is 5.44. The van der Waals surface area contributed by atoms with Gasteiger partial charge in [0.25, 0.3) is 0 Å². The number of aryl methyl sites for hydroxylation is 3. The van der Waals surface area contributed by atoms with Crippen LogP contribution in [0.2, 0.25) is 5.02 Å². The zero-order chi connectivity index (χ0) is 19.1. The van der Waals surface area contributed by atoms with E-state index in [9.17, 15) is 0 Å². The molecule has 1 aromatic carbocycles. The summed E-state index contributed by atoms with van der Waals surface area (Å²) in [6.07, 6.45) is 10.9. The molecule has 3 heterocycles. The van der Waals surface area contributed by atoms with Crippen LogP contribution in [0.4, 0.5) is 0 Å². The van der Waals surface area contributed by atoms with Gasteiger partial charge in [0.05, 0.1) is 16.2 Å². The third-order valence-electron chi connectivity index (χ3n) is 6.69. The van der Waals surface area contributed by atoms with Gasteiger partial charge in [0.2, 0.25) is 0 Å². The third-order valence-corrected chi connectivity index (χ3v) is 6.98. The Kier molecular flexibility index (Phi) is 4.90. The molecule has 3 nitrogen and oxygen atoms in total. The molecule has 2 N–H and O–H groups in total. The van der Waals surface area contributed by atoms with Gasteiger partial charge in [-0.3, -0.25) is 4.98 Å². The minimum Gasteiger partial charge on any atom is -0.360 e. The van der Waals surface area contributed by atoms with Gasteiger partial charge in [-0.05, 0) is 85.5 Å². The third kappa shape index (κ3) is 2.96. The Labute approximate surface area is 171 Å². The molecule has 5 rings (SSSR count). The predicted molar refractivity (Wildman–Crippen MR) is 116 cm³/mol. The number of piperidine rings is 1. The summed E-state index contributed by atoms with van der Waals surface area (Å²) in [5, 5.41) is 5.78. The van der Waals surface area contributed by atoms with Crippen molar-refractivity contribution in [3.8, 4) is 0 Å². The van der Waals surface area contributed by atoms with E-state index in [1.54, 1.807) is 0 Å². The fraction of sp³-hybridized carbons (Fsp3) is 0.458. The van der Waals surface area contributed by atoms with E-state index in [1.807, 2.05) is 6.20 Å². The topological polar surface area (TPSA) is 40.7 Å². The number of hydrogen-bond acceptors (Lipinski definition) is 2. The van der Waals surface area contributed by atoms with E-state index < -0.39 is 0 Å². The lowest BCUT2D eigenvalue weighted by atomic mass is 9.75. The largest absolute Gasteiger partial charge is 0.360 e. The summed E-state index contributed by atoms with van der Waals surface area (Å²) in [5.74, 6) is 0.988. The van der Waals surface area contributed by atoms with Gasteiger partial charge in [-0.2, -0.15) is 0 Å². The zero-order valence-electron chi connectivity index (χ0n) is 16.5. The van der Waals surface area contributed by atoms with Crippen LogP contribution < -0.4 is 5.32 Å². The lowest BCUT2D eigenvalue weighted by Gasteiger charge is -2.32. The Morgan fingerprint density at radius 1 is 1.18 bits per heavy atom. The molecule has 1 fully saturated rings. The molecule has 0 unspecified atom stereocenters. The highest BCUT2D eigenvalue weighted by molar-refractivity contribution is 6.35. The molecule has 2 aromatic heterocycles. The van der Waals surface area contributed by atoms with Crippen molar-refractivity contribution in [1.29, 1.82) is 0 Å². The summed E-state index contributed by atoms with van der Waals surface area (Å²) in [5.41, 5.74) is 8.18. The number of fused-ring (bicyclic) bond motifs is 4. The Balaban J connectivity index is 1.80. The van der Waals surface area contributed by atoms with Crippen LogP contribution in [0.3, 0.4) is 0 Å². The summed E-state index contributed by atoms with van der Waals surface area (Å²) in [4.78, 5) is 8.45. The molecular weight excluding hydrogens is 366 g/mol. The van der Waals surface area contributed by atoms with Gasteiger partial charge in [0.1, 0.15) is 0 Å². The van der Waals surface area contributed by atoms with Crippen LogP contribution in [0.5, 0.6) is 0 Å². The fourth-order valence-corrected chi connectivity index (χ4v) is 5.72. The van der Waals surface area contributed by atoms with E-state index in [0.717, 1.165) is 49.3 Å². The van der Waals surface area contributed by atoms with E-state index in [2.05, 4.69) is 41.6 Å². The number of aromatic nitrogens is 2. The Hall–Kier alpha value is -1.84. The molecule has 0 bridgehead atoms. The number of hydrogen-bond donors (Lipinski definition) is 2. The molecule has 1 aliphatic heterocycles. The number of benzene rings is 1. The van der Waals surface area contributed by atoms with Crippen LogP contribution in [-0.2, 0) is 19.3 Å². The monoisotopic (exact) mass is 393 g/mol. The van der Waals surface area contributed by atoms with Crippen molar-refractivity contribution in [1.82, 2.24) is 15.3 Å². The number of pyridine rings is 1. The van der Waals surface area contributed by atoms with Gasteiger partial charge < -0.3 is 10.3 Å². The molecule has 146 valence electrons. The van der Waals surface area contributed by atoms with Gasteiger partial charge in [0, 0.05) is 23.7 Å². The second kappa shape index (κ2) is 7.53. The molecule has 3 aromatic rings. The van der Waals surface area contributed by atoms with Crippen molar-refractivity contribution < 1.29 is 0 Å². The van der Waals surface area contributed by atoms with Crippen molar-refractivity contribution >= 4 is 22.5 Å². The highest BCUT2D eigenvalue weighted by atomic mass is 35.5. The Morgan fingerprint density at radius 3 is 2.82 bits per heavy atom. The number of halogens is 1. The van der Waals surface area contributed by atoms with Crippen molar-refractivity contribution in [2.75, 3.05) is 13.1 Å². The number of aromatic amines is 1. The maximum atomic E-state index is 6.75. The van der Waals surface area contributed by atoms with Crippen molar-refractivity contribution in [3.05, 3.63) is 63.6 Å². The first-order valence-corrected chi connectivity index (χ1v) is 11.1. The van der Waals surface area contributed by atoms with Crippen molar-refractivity contribution in [3.63, 3.8) is 0 Å². The number of nitrogens with one attached hydrogen (secondary N) is 2. The van der Waals surface area contributed by atoms with Crippen LogP contribution in [-0.4, -0.2) is 23.1 Å². The normalized spacial score (nSPS) is 20.0. The molecule has 2 aliphatic rings. The van der Waals surface area contributed by atoms with E-state index in [-0.39, 0.29) is 0 Å². The summed E-state index contributed by atoms with van der Waals surface area (Å²) in [6, 6.07) is 6.60. The minimum absolute atomic E-state index is 0.363. The van der Waals surface area contributed by atoms with E-state index in [0.29, 0.717) is 11.8 Å². The maximum Gasteiger partial charge on any atom is 0.0650 e. The summed E-state index contributed by atoms with van der Waals surface area (Å²) in [6.45, 7) is 4.46. The van der Waals surface area contributed by atoms with Gasteiger partial charge in [0.15, 0.2) is 0 Å². The predicted octanol–water partition coefficient (Wildman–Crippen LogP) is 5.40. The second-order valence-electron chi connectivity index (χ2n) is 8.36. The number of rotatable bonds is 3. The first-order valence-electron chi connectivity index (χ1n) is 10.7. The first kappa shape index (κ1) is 18.2. The molecule has 1 saturated heterocycles. The average Bonchev–Trinajstić information content (AvgIpc) is 3.07.